The lowest BCUT2D eigenvalue weighted by atomic mass is 10.1. The van der Waals surface area contributed by atoms with Gasteiger partial charge in [0.1, 0.15) is 5.69 Å². The van der Waals surface area contributed by atoms with E-state index in [1.165, 1.54) is 11.8 Å². The first-order valence-corrected chi connectivity index (χ1v) is 10.5. The van der Waals surface area contributed by atoms with E-state index in [0.717, 1.165) is 16.8 Å². The zero-order chi connectivity index (χ0) is 21.1. The van der Waals surface area contributed by atoms with Gasteiger partial charge in [0.25, 0.3) is 0 Å². The Balaban J connectivity index is 1.50. The summed E-state index contributed by atoms with van der Waals surface area (Å²) in [6, 6.07) is 16.9. The van der Waals surface area contributed by atoms with Crippen LogP contribution in [-0.4, -0.2) is 36.2 Å². The summed E-state index contributed by atoms with van der Waals surface area (Å²) in [5.41, 5.74) is 3.43. The highest BCUT2D eigenvalue weighted by Gasteiger charge is 2.19. The van der Waals surface area contributed by atoms with E-state index < -0.39 is 0 Å². The lowest BCUT2D eigenvalue weighted by Gasteiger charge is -2.06. The number of aromatic nitrogens is 5. The fourth-order valence-corrected chi connectivity index (χ4v) is 3.83. The van der Waals surface area contributed by atoms with E-state index >= 15 is 0 Å². The molecule has 2 heterocycles. The maximum Gasteiger partial charge on any atom is 0.234 e. The molecule has 9 heteroatoms. The number of thioether (sulfide) groups is 1. The highest BCUT2D eigenvalue weighted by atomic mass is 35.5. The normalized spacial score (nSPS) is 10.9. The average molecular weight is 439 g/mol. The molecule has 0 saturated carbocycles. The van der Waals surface area contributed by atoms with Gasteiger partial charge in [0.2, 0.25) is 5.91 Å². The van der Waals surface area contributed by atoms with Crippen molar-refractivity contribution in [3.8, 4) is 22.6 Å². The van der Waals surface area contributed by atoms with Crippen molar-refractivity contribution in [2.75, 3.05) is 11.1 Å². The topological polar surface area (TPSA) is 77.6 Å². The molecule has 2 aromatic carbocycles. The van der Waals surface area contributed by atoms with Crippen LogP contribution in [0.2, 0.25) is 5.02 Å². The third-order valence-electron chi connectivity index (χ3n) is 4.41. The molecule has 0 aliphatic carbocycles. The summed E-state index contributed by atoms with van der Waals surface area (Å²) in [5, 5.41) is 17.3. The molecule has 152 valence electrons. The van der Waals surface area contributed by atoms with Crippen molar-refractivity contribution in [1.82, 2.24) is 24.5 Å². The van der Waals surface area contributed by atoms with E-state index in [9.17, 15) is 4.79 Å². The molecule has 2 aromatic heterocycles. The SMILES string of the molecule is Cn1cc(-c2nnc(SCC(=O)Nc3ccc(Cl)cc3)n2C)c(-c2ccccc2)n1. The Morgan fingerprint density at radius 2 is 1.80 bits per heavy atom. The number of nitrogens with zero attached hydrogens (tertiary/aromatic N) is 5. The van der Waals surface area contributed by atoms with E-state index in [4.69, 9.17) is 11.6 Å². The third-order valence-corrected chi connectivity index (χ3v) is 5.68. The number of nitrogens with one attached hydrogen (secondary N) is 1. The van der Waals surface area contributed by atoms with Gasteiger partial charge in [-0.3, -0.25) is 9.48 Å². The van der Waals surface area contributed by atoms with E-state index in [1.54, 1.807) is 28.9 Å². The molecule has 0 fully saturated rings. The van der Waals surface area contributed by atoms with Crippen LogP contribution in [-0.2, 0) is 18.9 Å². The Morgan fingerprint density at radius 3 is 2.53 bits per heavy atom. The van der Waals surface area contributed by atoms with Crippen LogP contribution in [0.25, 0.3) is 22.6 Å². The Bertz CT molecular complexity index is 1170. The first-order chi connectivity index (χ1) is 14.5. The summed E-state index contributed by atoms with van der Waals surface area (Å²) < 4.78 is 3.64. The summed E-state index contributed by atoms with van der Waals surface area (Å²) in [6.07, 6.45) is 1.92. The molecule has 0 atom stereocenters. The van der Waals surface area contributed by atoms with Crippen molar-refractivity contribution in [2.45, 2.75) is 5.16 Å². The Hall–Kier alpha value is -3.10. The van der Waals surface area contributed by atoms with Crippen LogP contribution in [0, 0.1) is 0 Å². The van der Waals surface area contributed by atoms with Gasteiger partial charge in [-0.05, 0) is 24.3 Å². The predicted molar refractivity (Wildman–Crippen MR) is 119 cm³/mol. The fourth-order valence-electron chi connectivity index (χ4n) is 3.00. The molecule has 0 radical (unpaired) electrons. The molecule has 0 saturated heterocycles. The van der Waals surface area contributed by atoms with Crippen LogP contribution in [0.15, 0.2) is 66.0 Å². The number of carbonyl (C=O) groups is 1. The van der Waals surface area contributed by atoms with Crippen LogP contribution in [0.5, 0.6) is 0 Å². The second-order valence-corrected chi connectivity index (χ2v) is 8.02. The zero-order valence-electron chi connectivity index (χ0n) is 16.4. The standard InChI is InChI=1S/C21H19ClN6OS/c1-27-12-17(19(26-27)14-6-4-3-5-7-14)20-24-25-21(28(20)2)30-13-18(29)23-16-10-8-15(22)9-11-16/h3-12H,13H2,1-2H3,(H,23,29). The molecule has 1 amide bonds. The Kier molecular flexibility index (Phi) is 5.87. The number of hydrogen-bond donors (Lipinski definition) is 1. The van der Waals surface area contributed by atoms with Crippen molar-refractivity contribution < 1.29 is 4.79 Å². The molecule has 0 bridgehead atoms. The van der Waals surface area contributed by atoms with Gasteiger partial charge in [-0.2, -0.15) is 5.10 Å². The zero-order valence-corrected chi connectivity index (χ0v) is 18.0. The first kappa shape index (κ1) is 20.2. The summed E-state index contributed by atoms with van der Waals surface area (Å²) in [4.78, 5) is 12.3. The van der Waals surface area contributed by atoms with E-state index in [2.05, 4.69) is 20.6 Å². The van der Waals surface area contributed by atoms with Gasteiger partial charge in [-0.15, -0.1) is 10.2 Å². The highest BCUT2D eigenvalue weighted by molar-refractivity contribution is 7.99. The average Bonchev–Trinajstić information content (AvgIpc) is 3.31. The van der Waals surface area contributed by atoms with Crippen molar-refractivity contribution in [2.24, 2.45) is 14.1 Å². The van der Waals surface area contributed by atoms with Crippen molar-refractivity contribution in [1.29, 1.82) is 0 Å². The monoisotopic (exact) mass is 438 g/mol. The smallest absolute Gasteiger partial charge is 0.234 e. The quantitative estimate of drug-likeness (QED) is 0.455. The van der Waals surface area contributed by atoms with E-state index in [0.29, 0.717) is 21.7 Å². The minimum atomic E-state index is -0.127. The first-order valence-electron chi connectivity index (χ1n) is 9.18. The largest absolute Gasteiger partial charge is 0.325 e. The number of hydrogen-bond acceptors (Lipinski definition) is 5. The van der Waals surface area contributed by atoms with Crippen molar-refractivity contribution in [3.63, 3.8) is 0 Å². The maximum atomic E-state index is 12.3. The lowest BCUT2D eigenvalue weighted by molar-refractivity contribution is -0.113. The van der Waals surface area contributed by atoms with Gasteiger partial charge in [0.05, 0.1) is 11.3 Å². The second kappa shape index (κ2) is 8.73. The molecule has 1 N–H and O–H groups in total. The predicted octanol–water partition coefficient (Wildman–Crippen LogP) is 4.27. The maximum absolute atomic E-state index is 12.3. The molecular formula is C21H19ClN6OS. The van der Waals surface area contributed by atoms with E-state index in [-0.39, 0.29) is 11.7 Å². The van der Waals surface area contributed by atoms with Gasteiger partial charge in [0, 0.05) is 36.6 Å². The van der Waals surface area contributed by atoms with E-state index in [1.807, 2.05) is 55.2 Å². The third kappa shape index (κ3) is 4.39. The molecular weight excluding hydrogens is 420 g/mol. The van der Waals surface area contributed by atoms with Crippen LogP contribution in [0.1, 0.15) is 0 Å². The molecule has 4 rings (SSSR count). The molecule has 0 aliphatic heterocycles. The summed E-state index contributed by atoms with van der Waals surface area (Å²) in [5.74, 6) is 0.786. The number of halogens is 1. The number of benzene rings is 2. The molecule has 7 nitrogen and oxygen atoms in total. The van der Waals surface area contributed by atoms with Crippen LogP contribution in [0.3, 0.4) is 0 Å². The fraction of sp³-hybridized carbons (Fsp3) is 0.143. The molecule has 0 unspecified atom stereocenters. The lowest BCUT2D eigenvalue weighted by Crippen LogP contribution is -2.14. The van der Waals surface area contributed by atoms with Crippen LogP contribution >= 0.6 is 23.4 Å². The number of anilines is 1. The summed E-state index contributed by atoms with van der Waals surface area (Å²) in [7, 11) is 3.76. The van der Waals surface area contributed by atoms with Crippen LogP contribution < -0.4 is 5.32 Å². The van der Waals surface area contributed by atoms with Crippen LogP contribution in [0.4, 0.5) is 5.69 Å². The second-order valence-electron chi connectivity index (χ2n) is 6.64. The summed E-state index contributed by atoms with van der Waals surface area (Å²) >= 11 is 7.20. The molecule has 4 aromatic rings. The number of rotatable bonds is 6. The summed E-state index contributed by atoms with van der Waals surface area (Å²) in [6.45, 7) is 0. The van der Waals surface area contributed by atoms with Crippen molar-refractivity contribution in [3.05, 3.63) is 65.8 Å². The molecule has 30 heavy (non-hydrogen) atoms. The number of aryl methyl sites for hydroxylation is 1. The van der Waals surface area contributed by atoms with Gasteiger partial charge < -0.3 is 9.88 Å². The minimum absolute atomic E-state index is 0.127. The number of amides is 1. The Labute approximate surface area is 183 Å². The van der Waals surface area contributed by atoms with Gasteiger partial charge in [0.15, 0.2) is 11.0 Å². The molecule has 0 spiro atoms. The van der Waals surface area contributed by atoms with Gasteiger partial charge >= 0.3 is 0 Å². The van der Waals surface area contributed by atoms with Gasteiger partial charge in [-0.1, -0.05) is 53.7 Å². The highest BCUT2D eigenvalue weighted by Crippen LogP contribution is 2.31. The minimum Gasteiger partial charge on any atom is -0.325 e. The number of carbonyl (C=O) groups excluding carboxylic acids is 1. The Morgan fingerprint density at radius 1 is 1.07 bits per heavy atom. The molecule has 0 aliphatic rings. The van der Waals surface area contributed by atoms with Gasteiger partial charge in [-0.25, -0.2) is 0 Å². The van der Waals surface area contributed by atoms with Crippen molar-refractivity contribution >= 4 is 35.0 Å².